The van der Waals surface area contributed by atoms with Gasteiger partial charge in [-0.25, -0.2) is 4.39 Å². The van der Waals surface area contributed by atoms with E-state index in [9.17, 15) is 14.0 Å². The maximum atomic E-state index is 13.2. The van der Waals surface area contributed by atoms with Crippen LogP contribution in [-0.4, -0.2) is 29.3 Å². The number of aryl methyl sites for hydroxylation is 2. The van der Waals surface area contributed by atoms with E-state index in [0.29, 0.717) is 19.5 Å². The van der Waals surface area contributed by atoms with Crippen LogP contribution in [0, 0.1) is 25.6 Å². The zero-order valence-electron chi connectivity index (χ0n) is 16.3. The third kappa shape index (κ3) is 3.66. The topological polar surface area (TPSA) is 40.6 Å². The highest BCUT2D eigenvalue weighted by atomic mass is 19.1. The predicted octanol–water partition coefficient (Wildman–Crippen LogP) is 3.99. The molecule has 0 N–H and O–H groups in total. The third-order valence-corrected chi connectivity index (χ3v) is 5.84. The van der Waals surface area contributed by atoms with Crippen molar-refractivity contribution in [1.29, 1.82) is 0 Å². The Morgan fingerprint density at radius 1 is 1.07 bits per heavy atom. The zero-order valence-corrected chi connectivity index (χ0v) is 16.3. The van der Waals surface area contributed by atoms with Gasteiger partial charge < -0.3 is 9.80 Å². The van der Waals surface area contributed by atoms with Crippen molar-refractivity contribution in [3.63, 3.8) is 0 Å². The van der Waals surface area contributed by atoms with Crippen LogP contribution in [0.5, 0.6) is 0 Å². The molecule has 0 radical (unpaired) electrons. The fourth-order valence-electron chi connectivity index (χ4n) is 3.82. The minimum absolute atomic E-state index is 0.0943. The van der Waals surface area contributed by atoms with Crippen LogP contribution in [0.2, 0.25) is 0 Å². The van der Waals surface area contributed by atoms with Crippen molar-refractivity contribution in [2.24, 2.45) is 5.92 Å². The van der Waals surface area contributed by atoms with Gasteiger partial charge in [0.25, 0.3) is 0 Å². The Bertz CT molecular complexity index is 905. The van der Waals surface area contributed by atoms with E-state index < -0.39 is 5.92 Å². The number of carbonyl (C=O) groups is 2. The minimum Gasteiger partial charge on any atom is -0.335 e. The van der Waals surface area contributed by atoms with Crippen LogP contribution in [0.4, 0.5) is 10.1 Å². The number of carbonyl (C=O) groups excluding carboxylic acids is 2. The Hall–Kier alpha value is -2.69. The van der Waals surface area contributed by atoms with E-state index in [1.54, 1.807) is 17.0 Å². The zero-order chi connectivity index (χ0) is 19.8. The van der Waals surface area contributed by atoms with Crippen LogP contribution in [0.25, 0.3) is 0 Å². The van der Waals surface area contributed by atoms with Gasteiger partial charge in [-0.3, -0.25) is 9.59 Å². The largest absolute Gasteiger partial charge is 0.335 e. The normalized spacial score (nSPS) is 19.2. The smallest absolute Gasteiger partial charge is 0.239 e. The number of benzene rings is 2. The average molecular weight is 380 g/mol. The highest BCUT2D eigenvalue weighted by molar-refractivity contribution is 6.09. The molecule has 2 fully saturated rings. The standard InChI is InChI=1S/C23H25FN2O2/c1-15-3-8-20(13-16(15)2)25-12-11-21(22(25)27)23(28)26(19-9-10-19)14-17-4-6-18(24)7-5-17/h3-8,13,19,21H,9-12,14H2,1-2H3. The maximum absolute atomic E-state index is 13.2. The molecule has 5 heteroatoms. The Balaban J connectivity index is 1.50. The molecule has 2 aliphatic rings. The van der Waals surface area contributed by atoms with E-state index in [4.69, 9.17) is 0 Å². The lowest BCUT2D eigenvalue weighted by atomic mass is 10.1. The highest BCUT2D eigenvalue weighted by Gasteiger charge is 2.43. The van der Waals surface area contributed by atoms with Crippen LogP contribution in [-0.2, 0) is 16.1 Å². The van der Waals surface area contributed by atoms with Crippen molar-refractivity contribution < 1.29 is 14.0 Å². The Kier molecular flexibility index (Phi) is 4.92. The van der Waals surface area contributed by atoms with E-state index in [1.807, 2.05) is 36.9 Å². The molecule has 1 saturated heterocycles. The van der Waals surface area contributed by atoms with Gasteiger partial charge >= 0.3 is 0 Å². The summed E-state index contributed by atoms with van der Waals surface area (Å²) in [6.45, 7) is 5.06. The monoisotopic (exact) mass is 380 g/mol. The summed E-state index contributed by atoms with van der Waals surface area (Å²) < 4.78 is 13.2. The van der Waals surface area contributed by atoms with Gasteiger partial charge in [0.2, 0.25) is 11.8 Å². The molecular formula is C23H25FN2O2. The number of anilines is 1. The van der Waals surface area contributed by atoms with Gasteiger partial charge in [0.15, 0.2) is 0 Å². The first-order valence-electron chi connectivity index (χ1n) is 9.87. The van der Waals surface area contributed by atoms with Gasteiger partial charge in [-0.1, -0.05) is 18.2 Å². The second-order valence-corrected chi connectivity index (χ2v) is 7.92. The maximum Gasteiger partial charge on any atom is 0.239 e. The molecule has 4 nitrogen and oxygen atoms in total. The lowest BCUT2D eigenvalue weighted by Gasteiger charge is -2.25. The molecule has 1 atom stereocenters. The third-order valence-electron chi connectivity index (χ3n) is 5.84. The van der Waals surface area contributed by atoms with E-state index >= 15 is 0 Å². The second-order valence-electron chi connectivity index (χ2n) is 7.92. The molecule has 2 aromatic rings. The van der Waals surface area contributed by atoms with Gasteiger partial charge in [-0.2, -0.15) is 0 Å². The summed E-state index contributed by atoms with van der Waals surface area (Å²) in [7, 11) is 0. The molecule has 0 aromatic heterocycles. The summed E-state index contributed by atoms with van der Waals surface area (Å²) in [5.41, 5.74) is 4.07. The first kappa shape index (κ1) is 18.7. The molecule has 1 aliphatic heterocycles. The first-order valence-corrected chi connectivity index (χ1v) is 9.87. The van der Waals surface area contributed by atoms with Crippen molar-refractivity contribution in [3.8, 4) is 0 Å². The molecule has 2 aromatic carbocycles. The van der Waals surface area contributed by atoms with Crippen LogP contribution >= 0.6 is 0 Å². The van der Waals surface area contributed by atoms with E-state index in [2.05, 4.69) is 0 Å². The number of amides is 2. The summed E-state index contributed by atoms with van der Waals surface area (Å²) in [6, 6.07) is 12.4. The SMILES string of the molecule is Cc1ccc(N2CCC(C(=O)N(Cc3ccc(F)cc3)C3CC3)C2=O)cc1C. The fourth-order valence-corrected chi connectivity index (χ4v) is 3.82. The van der Waals surface area contributed by atoms with Crippen LogP contribution < -0.4 is 4.90 Å². The molecule has 146 valence electrons. The average Bonchev–Trinajstić information content (AvgIpc) is 3.45. The summed E-state index contributed by atoms with van der Waals surface area (Å²) in [5, 5.41) is 0. The van der Waals surface area contributed by atoms with Gasteiger partial charge in [0, 0.05) is 24.8 Å². The second kappa shape index (κ2) is 7.38. The van der Waals surface area contributed by atoms with E-state index in [0.717, 1.165) is 29.7 Å². The van der Waals surface area contributed by atoms with Gasteiger partial charge in [0.05, 0.1) is 0 Å². The minimum atomic E-state index is -0.623. The number of rotatable bonds is 5. The molecule has 28 heavy (non-hydrogen) atoms. The molecule has 1 heterocycles. The molecule has 1 saturated carbocycles. The van der Waals surface area contributed by atoms with Crippen molar-refractivity contribution in [2.45, 2.75) is 45.7 Å². The van der Waals surface area contributed by atoms with Crippen molar-refractivity contribution in [2.75, 3.05) is 11.4 Å². The molecule has 0 bridgehead atoms. The van der Waals surface area contributed by atoms with Gasteiger partial charge in [-0.05, 0) is 74.1 Å². The van der Waals surface area contributed by atoms with Gasteiger partial charge in [-0.15, -0.1) is 0 Å². The number of hydrogen-bond acceptors (Lipinski definition) is 2. The lowest BCUT2D eigenvalue weighted by Crippen LogP contribution is -2.41. The van der Waals surface area contributed by atoms with Crippen LogP contribution in [0.1, 0.15) is 36.0 Å². The van der Waals surface area contributed by atoms with Crippen molar-refractivity contribution >= 4 is 17.5 Å². The van der Waals surface area contributed by atoms with Crippen molar-refractivity contribution in [1.82, 2.24) is 4.90 Å². The molecule has 2 amide bonds. The first-order chi connectivity index (χ1) is 13.4. The Morgan fingerprint density at radius 2 is 1.79 bits per heavy atom. The molecule has 1 unspecified atom stereocenters. The van der Waals surface area contributed by atoms with E-state index in [-0.39, 0.29) is 23.7 Å². The summed E-state index contributed by atoms with van der Waals surface area (Å²) in [6.07, 6.45) is 2.47. The van der Waals surface area contributed by atoms with E-state index in [1.165, 1.54) is 17.7 Å². The summed E-state index contributed by atoms with van der Waals surface area (Å²) >= 11 is 0. The molecule has 4 rings (SSSR count). The Morgan fingerprint density at radius 3 is 2.43 bits per heavy atom. The highest BCUT2D eigenvalue weighted by Crippen LogP contribution is 2.33. The quantitative estimate of drug-likeness (QED) is 0.736. The summed E-state index contributed by atoms with van der Waals surface area (Å²) in [4.78, 5) is 29.8. The van der Waals surface area contributed by atoms with Crippen LogP contribution in [0.15, 0.2) is 42.5 Å². The molecular weight excluding hydrogens is 355 g/mol. The fraction of sp³-hybridized carbons (Fsp3) is 0.391. The predicted molar refractivity (Wildman–Crippen MR) is 106 cm³/mol. The van der Waals surface area contributed by atoms with Crippen molar-refractivity contribution in [3.05, 3.63) is 65.0 Å². The van der Waals surface area contributed by atoms with Gasteiger partial charge in [0.1, 0.15) is 11.7 Å². The number of nitrogens with zero attached hydrogens (tertiary/aromatic N) is 2. The molecule has 0 spiro atoms. The molecule has 1 aliphatic carbocycles. The number of halogens is 1. The van der Waals surface area contributed by atoms with Crippen LogP contribution in [0.3, 0.4) is 0 Å². The number of hydrogen-bond donors (Lipinski definition) is 0. The summed E-state index contributed by atoms with van der Waals surface area (Å²) in [5.74, 6) is -1.12. The Labute approximate surface area is 164 Å². The lowest BCUT2D eigenvalue weighted by molar-refractivity contribution is -0.140.